The fraction of sp³-hybridized carbons (Fsp3) is 0.150. The number of H-pyrrole nitrogens is 1. The van der Waals surface area contributed by atoms with Crippen LogP contribution in [0.25, 0.3) is 18.3 Å². The Hall–Kier alpha value is -3.90. The van der Waals surface area contributed by atoms with Gasteiger partial charge in [0.05, 0.1) is 39.8 Å². The summed E-state index contributed by atoms with van der Waals surface area (Å²) in [4.78, 5) is 23.8. The van der Waals surface area contributed by atoms with Crippen molar-refractivity contribution in [2.24, 2.45) is 5.14 Å². The molecule has 2 aromatic carbocycles. The lowest BCUT2D eigenvalue weighted by Crippen LogP contribution is -2.34. The highest BCUT2D eigenvalue weighted by molar-refractivity contribution is 7.89. The SMILES string of the molecule is C=c1[nH]n(-c2ccc(S(N)(=O)=O)cc2)c(=O)/c1=C/c1cc(OC)c(OCC)c([N+](=O)[O-])c1. The van der Waals surface area contributed by atoms with Crippen molar-refractivity contribution in [3.8, 4) is 17.2 Å². The highest BCUT2D eigenvalue weighted by atomic mass is 32.2. The van der Waals surface area contributed by atoms with E-state index in [1.165, 1.54) is 54.3 Å². The Balaban J connectivity index is 2.16. The Kier molecular flexibility index (Phi) is 6.18. The van der Waals surface area contributed by atoms with Crippen LogP contribution in [0, 0.1) is 10.1 Å². The van der Waals surface area contributed by atoms with Gasteiger partial charge in [-0.2, -0.15) is 0 Å². The fourth-order valence-electron chi connectivity index (χ4n) is 3.05. The molecule has 3 rings (SSSR count). The first-order chi connectivity index (χ1) is 15.1. The molecule has 1 heterocycles. The number of hydrogen-bond donors (Lipinski definition) is 2. The molecule has 0 saturated carbocycles. The van der Waals surface area contributed by atoms with Crippen molar-refractivity contribution in [2.75, 3.05) is 13.7 Å². The van der Waals surface area contributed by atoms with E-state index in [9.17, 15) is 23.3 Å². The summed E-state index contributed by atoms with van der Waals surface area (Å²) in [6.45, 7) is 5.71. The number of aromatic amines is 1. The first-order valence-corrected chi connectivity index (χ1v) is 10.8. The summed E-state index contributed by atoms with van der Waals surface area (Å²) in [6, 6.07) is 8.13. The second-order valence-electron chi connectivity index (χ2n) is 6.59. The summed E-state index contributed by atoms with van der Waals surface area (Å²) in [6.07, 6.45) is 1.43. The lowest BCUT2D eigenvalue weighted by molar-refractivity contribution is -0.385. The van der Waals surface area contributed by atoms with Gasteiger partial charge in [-0.25, -0.2) is 18.2 Å². The number of benzene rings is 2. The molecule has 0 aliphatic heterocycles. The van der Waals surface area contributed by atoms with Gasteiger partial charge in [0, 0.05) is 6.07 Å². The van der Waals surface area contributed by atoms with E-state index in [-0.39, 0.29) is 39.3 Å². The third kappa shape index (κ3) is 4.40. The third-order valence-corrected chi connectivity index (χ3v) is 5.43. The van der Waals surface area contributed by atoms with Crippen molar-refractivity contribution in [1.29, 1.82) is 0 Å². The number of hydrogen-bond acceptors (Lipinski definition) is 7. The molecule has 32 heavy (non-hydrogen) atoms. The van der Waals surface area contributed by atoms with E-state index >= 15 is 0 Å². The van der Waals surface area contributed by atoms with Gasteiger partial charge < -0.3 is 9.47 Å². The number of nitrogens with zero attached hydrogens (tertiary/aromatic N) is 2. The van der Waals surface area contributed by atoms with Gasteiger partial charge in [-0.3, -0.25) is 20.0 Å². The Morgan fingerprint density at radius 2 is 1.94 bits per heavy atom. The smallest absolute Gasteiger partial charge is 0.315 e. The average molecular weight is 460 g/mol. The lowest BCUT2D eigenvalue weighted by atomic mass is 10.1. The Morgan fingerprint density at radius 3 is 2.47 bits per heavy atom. The zero-order valence-corrected chi connectivity index (χ0v) is 18.0. The molecule has 1 aromatic heterocycles. The van der Waals surface area contributed by atoms with Crippen molar-refractivity contribution >= 4 is 28.4 Å². The van der Waals surface area contributed by atoms with Gasteiger partial charge in [0.1, 0.15) is 0 Å². The number of nitrogens with one attached hydrogen (secondary N) is 1. The molecule has 3 N–H and O–H groups in total. The van der Waals surface area contributed by atoms with Crippen molar-refractivity contribution in [1.82, 2.24) is 9.78 Å². The van der Waals surface area contributed by atoms with Crippen LogP contribution < -0.4 is 30.7 Å². The third-order valence-electron chi connectivity index (χ3n) is 4.50. The van der Waals surface area contributed by atoms with Gasteiger partial charge in [0.15, 0.2) is 5.75 Å². The van der Waals surface area contributed by atoms with Crippen LogP contribution >= 0.6 is 0 Å². The minimum atomic E-state index is -3.87. The fourth-order valence-corrected chi connectivity index (χ4v) is 3.56. The molecular formula is C20H20N4O7S. The molecule has 0 amide bonds. The first kappa shape index (κ1) is 22.8. The van der Waals surface area contributed by atoms with Crippen LogP contribution in [0.1, 0.15) is 12.5 Å². The van der Waals surface area contributed by atoms with Crippen molar-refractivity contribution in [3.05, 3.63) is 73.0 Å². The van der Waals surface area contributed by atoms with Gasteiger partial charge in [-0.1, -0.05) is 6.58 Å². The number of ether oxygens (including phenoxy) is 2. The number of nitrogens with two attached hydrogens (primary N) is 1. The number of methoxy groups -OCH3 is 1. The number of primary sulfonamides is 1. The molecule has 0 aliphatic carbocycles. The van der Waals surface area contributed by atoms with E-state index in [1.807, 2.05) is 0 Å². The molecule has 0 saturated heterocycles. The van der Waals surface area contributed by atoms with E-state index in [0.29, 0.717) is 11.3 Å². The molecule has 0 bridgehead atoms. The number of rotatable bonds is 7. The Bertz CT molecular complexity index is 1460. The summed E-state index contributed by atoms with van der Waals surface area (Å²) in [5.41, 5.74) is -0.122. The maximum Gasteiger partial charge on any atom is 0.315 e. The zero-order valence-electron chi connectivity index (χ0n) is 17.2. The van der Waals surface area contributed by atoms with Crippen LogP contribution in [0.5, 0.6) is 11.5 Å². The second-order valence-corrected chi connectivity index (χ2v) is 8.15. The molecule has 0 aliphatic rings. The zero-order chi connectivity index (χ0) is 23.6. The summed E-state index contributed by atoms with van der Waals surface area (Å²) < 4.78 is 34.6. The van der Waals surface area contributed by atoms with E-state index in [1.54, 1.807) is 6.92 Å². The molecule has 11 nitrogen and oxygen atoms in total. The largest absolute Gasteiger partial charge is 0.493 e. The molecule has 0 radical (unpaired) electrons. The molecule has 168 valence electrons. The number of nitro groups is 1. The highest BCUT2D eigenvalue weighted by Gasteiger charge is 2.21. The number of nitro benzene ring substituents is 1. The molecule has 0 spiro atoms. The highest BCUT2D eigenvalue weighted by Crippen LogP contribution is 2.38. The summed E-state index contributed by atoms with van der Waals surface area (Å²) in [5.74, 6) is 0.140. The molecule has 3 aromatic rings. The van der Waals surface area contributed by atoms with Crippen LogP contribution in [0.15, 0.2) is 46.1 Å². The number of aromatic nitrogens is 2. The van der Waals surface area contributed by atoms with E-state index in [4.69, 9.17) is 14.6 Å². The molecule has 12 heteroatoms. The normalized spacial score (nSPS) is 12.0. The van der Waals surface area contributed by atoms with Crippen LogP contribution in [0.3, 0.4) is 0 Å². The van der Waals surface area contributed by atoms with Crippen LogP contribution in [0.4, 0.5) is 5.69 Å². The van der Waals surface area contributed by atoms with Gasteiger partial charge in [0.2, 0.25) is 15.8 Å². The lowest BCUT2D eigenvalue weighted by Gasteiger charge is -2.10. The first-order valence-electron chi connectivity index (χ1n) is 9.21. The van der Waals surface area contributed by atoms with E-state index in [0.717, 1.165) is 0 Å². The van der Waals surface area contributed by atoms with Gasteiger partial charge in [-0.15, -0.1) is 0 Å². The van der Waals surface area contributed by atoms with Crippen molar-refractivity contribution in [2.45, 2.75) is 11.8 Å². The standard InChI is InChI=1S/C20H20N4O7S/c1-4-31-19-17(24(26)27)10-13(11-18(19)30-3)9-16-12(2)22-23(20(16)25)14-5-7-15(8-6-14)32(21,28)29/h5-11,22H,2,4H2,1,3H3,(H2,21,28,29)/b16-9+. The molecule has 0 unspecified atom stereocenters. The van der Waals surface area contributed by atoms with Gasteiger partial charge in [-0.05, 0) is 48.9 Å². The van der Waals surface area contributed by atoms with E-state index < -0.39 is 20.5 Å². The topological polar surface area (TPSA) is 160 Å². The van der Waals surface area contributed by atoms with Crippen LogP contribution in [-0.2, 0) is 10.0 Å². The summed E-state index contributed by atoms with van der Waals surface area (Å²) >= 11 is 0. The minimum absolute atomic E-state index is 0.00609. The minimum Gasteiger partial charge on any atom is -0.493 e. The Morgan fingerprint density at radius 1 is 1.28 bits per heavy atom. The van der Waals surface area contributed by atoms with Crippen LogP contribution in [-0.4, -0.2) is 36.8 Å². The maximum atomic E-state index is 12.9. The van der Waals surface area contributed by atoms with Crippen molar-refractivity contribution < 1.29 is 22.8 Å². The van der Waals surface area contributed by atoms with Gasteiger partial charge in [0.25, 0.3) is 5.56 Å². The summed E-state index contributed by atoms with van der Waals surface area (Å²) in [7, 11) is -2.52. The van der Waals surface area contributed by atoms with Gasteiger partial charge >= 0.3 is 5.69 Å². The number of sulfonamides is 1. The second kappa shape index (κ2) is 8.69. The quantitative estimate of drug-likeness (QED) is 0.380. The monoisotopic (exact) mass is 460 g/mol. The van der Waals surface area contributed by atoms with E-state index in [2.05, 4.69) is 11.7 Å². The maximum absolute atomic E-state index is 12.9. The van der Waals surface area contributed by atoms with Crippen LogP contribution in [0.2, 0.25) is 0 Å². The predicted molar refractivity (Wildman–Crippen MR) is 117 cm³/mol. The Labute approximate surface area is 182 Å². The summed E-state index contributed by atoms with van der Waals surface area (Å²) in [5, 5.41) is 19.8. The van der Waals surface area contributed by atoms with Crippen molar-refractivity contribution in [3.63, 3.8) is 0 Å². The molecule has 0 fully saturated rings. The predicted octanol–water partition coefficient (Wildman–Crippen LogP) is 0.368. The average Bonchev–Trinajstić information content (AvgIpc) is 3.02. The molecule has 0 atom stereocenters. The molecular weight excluding hydrogens is 440 g/mol.